The molecule has 0 aromatic carbocycles. The highest BCUT2D eigenvalue weighted by atomic mass is 35.5. The quantitative estimate of drug-likeness (QED) is 0.00852. The third-order valence-corrected chi connectivity index (χ3v) is 19.8. The second-order valence-electron chi connectivity index (χ2n) is 14.7. The molecule has 0 saturated carbocycles. The van der Waals surface area contributed by atoms with Gasteiger partial charge in [-0.25, -0.2) is 0 Å². The molecule has 0 rings (SSSR count). The van der Waals surface area contributed by atoms with Crippen LogP contribution in [0.2, 0.25) is 12.1 Å². The molecule has 0 amide bonds. The molecular weight excluding hydrogens is 1110 g/mol. The zero-order chi connectivity index (χ0) is 56.1. The third kappa shape index (κ3) is 62.6. The van der Waals surface area contributed by atoms with Crippen LogP contribution in [0.15, 0.2) is 36.5 Å². The number of esters is 2. The number of ether oxygens (including phenoxy) is 3. The van der Waals surface area contributed by atoms with Crippen molar-refractivity contribution in [2.75, 3.05) is 143 Å². The first-order valence-corrected chi connectivity index (χ1v) is 35.4. The fourth-order valence-corrected chi connectivity index (χ4v) is 13.8. The minimum atomic E-state index is -2.63. The van der Waals surface area contributed by atoms with Gasteiger partial charge < -0.3 is 56.1 Å². The van der Waals surface area contributed by atoms with Crippen LogP contribution in [0.5, 0.6) is 0 Å². The van der Waals surface area contributed by atoms with Crippen molar-refractivity contribution in [3.05, 3.63) is 36.5 Å². The highest BCUT2D eigenvalue weighted by Crippen LogP contribution is 2.21. The molecule has 73 heavy (non-hydrogen) atoms. The Morgan fingerprint density at radius 1 is 0.534 bits per heavy atom. The predicted molar refractivity (Wildman–Crippen MR) is 320 cm³/mol. The molecule has 0 aromatic rings. The van der Waals surface area contributed by atoms with Gasteiger partial charge in [0.2, 0.25) is 0 Å². The number of rotatable bonds is 46. The molecule has 0 radical (unpaired) electrons. The molecule has 434 valence electrons. The van der Waals surface area contributed by atoms with Gasteiger partial charge in [0.25, 0.3) is 6.26 Å². The molecular formula is C49H97Cl2NO14S5Si2. The van der Waals surface area contributed by atoms with E-state index in [0.717, 1.165) is 89.3 Å². The van der Waals surface area contributed by atoms with Crippen LogP contribution in [0.3, 0.4) is 0 Å². The van der Waals surface area contributed by atoms with Crippen molar-refractivity contribution in [1.82, 2.24) is 0 Å². The number of unbranched alkanes of at least 4 members (excludes halogenated alkanes) is 3. The van der Waals surface area contributed by atoms with Crippen molar-refractivity contribution in [1.29, 1.82) is 5.26 Å². The number of aliphatic hydroxyl groups excluding tert-OH is 3. The molecule has 0 heterocycles. The van der Waals surface area contributed by atoms with Crippen LogP contribution in [-0.4, -0.2) is 188 Å². The topological polar surface area (TPSA) is 202 Å². The van der Waals surface area contributed by atoms with Gasteiger partial charge in [-0.05, 0) is 72.8 Å². The van der Waals surface area contributed by atoms with E-state index in [2.05, 4.69) is 44.0 Å². The smallest absolute Gasteiger partial charge is 0.465 e. The summed E-state index contributed by atoms with van der Waals surface area (Å²) < 4.78 is 49.7. The first-order valence-electron chi connectivity index (χ1n) is 25.2. The van der Waals surface area contributed by atoms with Crippen molar-refractivity contribution in [3.8, 4) is 6.26 Å². The summed E-state index contributed by atoms with van der Waals surface area (Å²) in [6.07, 6.45) is 7.89. The Morgan fingerprint density at radius 2 is 0.877 bits per heavy atom. The van der Waals surface area contributed by atoms with E-state index in [4.69, 9.17) is 79.8 Å². The van der Waals surface area contributed by atoms with Crippen LogP contribution in [0.25, 0.3) is 0 Å². The highest BCUT2D eigenvalue weighted by Gasteiger charge is 2.40. The molecule has 0 aliphatic rings. The number of thioether (sulfide) groups is 4. The maximum absolute atomic E-state index is 12.0. The summed E-state index contributed by atoms with van der Waals surface area (Å²) in [5.74, 6) is 7.86. The monoisotopic (exact) mass is 1210 g/mol. The molecule has 0 saturated heterocycles. The average molecular weight is 1210 g/mol. The van der Waals surface area contributed by atoms with Gasteiger partial charge in [0, 0.05) is 128 Å². The number of carbonyl (C=O) groups is 2. The Morgan fingerprint density at radius 3 is 1.16 bits per heavy atom. The largest absolute Gasteiger partial charge is 0.501 e. The van der Waals surface area contributed by atoms with Gasteiger partial charge in [-0.2, -0.15) is 64.9 Å². The number of nitriles is 1. The zero-order valence-corrected chi connectivity index (χ0v) is 53.2. The van der Waals surface area contributed by atoms with Crippen LogP contribution < -0.4 is 0 Å². The fourth-order valence-electron chi connectivity index (χ4n) is 5.23. The zero-order valence-electron chi connectivity index (χ0n) is 45.6. The molecule has 0 unspecified atom stereocenters. The fraction of sp³-hybridized carbons (Fsp3) is 0.816. The number of nitrogens with zero attached hydrogens (tertiary/aromatic N) is 1. The van der Waals surface area contributed by atoms with E-state index in [1.54, 1.807) is 53.3 Å². The van der Waals surface area contributed by atoms with E-state index < -0.39 is 17.6 Å². The maximum Gasteiger partial charge on any atom is 0.501 e. The van der Waals surface area contributed by atoms with E-state index in [1.165, 1.54) is 5.57 Å². The van der Waals surface area contributed by atoms with Gasteiger partial charge in [-0.3, -0.25) is 9.59 Å². The second-order valence-corrected chi connectivity index (χ2v) is 25.6. The number of hydrogen-bond acceptors (Lipinski definition) is 20. The lowest BCUT2D eigenvalue weighted by Gasteiger charge is -2.28. The molecule has 24 heteroatoms. The summed E-state index contributed by atoms with van der Waals surface area (Å²) in [5, 5.41) is 33.1. The van der Waals surface area contributed by atoms with Gasteiger partial charge in [0.05, 0.1) is 19.8 Å². The number of hydrogen-bond donors (Lipinski definition) is 4. The number of alkyl halides is 2. The van der Waals surface area contributed by atoms with Crippen molar-refractivity contribution < 1.29 is 65.7 Å². The average Bonchev–Trinajstić information content (AvgIpc) is 3.37. The SMILES string of the molecule is C=C(CCl)CCl.C=C(CSCCO)CSCCO.C=C(CSCCOC(=O)CCCCC)CSCCOC(=O)CCCC[Si](OCC)(OCC)OCC.CCO[Si](CCCOC#N)(OCC)OCC.OCCS. The number of allylic oxidation sites excluding steroid dienone is 1. The summed E-state index contributed by atoms with van der Waals surface area (Å²) in [5.41, 5.74) is 3.18. The van der Waals surface area contributed by atoms with E-state index in [1.807, 2.05) is 41.5 Å². The second kappa shape index (κ2) is 66.1. The molecule has 0 fully saturated rings. The standard InChI is InChI=1S/C25H48O7S2Si.C10H21NO4Si.C8H16O2S2.C4H6Cl2.C2H6OS/c1-6-10-11-14-24(26)28-16-18-33-21-23(5)22-34-19-17-29-25(27)15-12-13-20-35(30-7-2,31-8-3)32-9-4;1-4-13-16(14-5-2,15-6-3)9-7-8-12-10-11;1-8(6-11-4-2-9)7-12-5-3-10;1-4(2-5)3-6;3-1-2-4/h5-22H2,1-4H3;4-9H2,1-3H3;9-10H,1-7H2;1-3H2;3-4H,1-2H2. The molecule has 0 aliphatic heterocycles. The van der Waals surface area contributed by atoms with E-state index in [-0.39, 0.29) is 31.8 Å². The van der Waals surface area contributed by atoms with Crippen molar-refractivity contribution in [2.24, 2.45) is 0 Å². The number of aliphatic hydroxyl groups is 3. The van der Waals surface area contributed by atoms with Crippen molar-refractivity contribution in [2.45, 2.75) is 112 Å². The molecule has 0 spiro atoms. The Balaban J connectivity index is -0.000000330. The first-order chi connectivity index (χ1) is 35.2. The van der Waals surface area contributed by atoms with Crippen molar-refractivity contribution >= 4 is 112 Å². The molecule has 0 atom stereocenters. The number of carbonyl (C=O) groups excluding carboxylic acids is 2. The summed E-state index contributed by atoms with van der Waals surface area (Å²) in [6, 6.07) is 1.40. The van der Waals surface area contributed by atoms with Crippen molar-refractivity contribution in [3.63, 3.8) is 0 Å². The lowest BCUT2D eigenvalue weighted by atomic mass is 10.2. The lowest BCUT2D eigenvalue weighted by Crippen LogP contribution is -2.46. The summed E-state index contributed by atoms with van der Waals surface area (Å²) in [4.78, 5) is 23.5. The normalized spacial score (nSPS) is 10.7. The van der Waals surface area contributed by atoms with Gasteiger partial charge in [-0.1, -0.05) is 50.6 Å². The van der Waals surface area contributed by atoms with Gasteiger partial charge in [0.15, 0.2) is 0 Å². The Bertz CT molecular complexity index is 1250. The highest BCUT2D eigenvalue weighted by molar-refractivity contribution is 8.00. The molecule has 0 aromatic heterocycles. The minimum absolute atomic E-state index is 0.0977. The predicted octanol–water partition coefficient (Wildman–Crippen LogP) is 10.7. The summed E-state index contributed by atoms with van der Waals surface area (Å²) >= 11 is 21.0. The van der Waals surface area contributed by atoms with E-state index in [0.29, 0.717) is 108 Å². The summed E-state index contributed by atoms with van der Waals surface area (Å²) in [7, 11) is -5.16. The molecule has 15 nitrogen and oxygen atoms in total. The third-order valence-electron chi connectivity index (χ3n) is 8.23. The Hall–Kier alpha value is -0.146. The van der Waals surface area contributed by atoms with Gasteiger partial charge in [0.1, 0.15) is 19.8 Å². The Kier molecular flexibility index (Phi) is 74.0. The van der Waals surface area contributed by atoms with Crippen LogP contribution in [-0.2, 0) is 50.4 Å². The molecule has 3 N–H and O–H groups in total. The van der Waals surface area contributed by atoms with Gasteiger partial charge >= 0.3 is 29.5 Å². The van der Waals surface area contributed by atoms with Crippen LogP contribution in [0.1, 0.15) is 99.8 Å². The van der Waals surface area contributed by atoms with E-state index >= 15 is 0 Å². The minimum Gasteiger partial charge on any atom is -0.465 e. The first kappa shape index (κ1) is 81.7. The maximum atomic E-state index is 12.0. The molecule has 0 bridgehead atoms. The number of halogens is 2. The number of thiol groups is 1. The van der Waals surface area contributed by atoms with Crippen LogP contribution >= 0.6 is 82.9 Å². The Labute approximate surface area is 477 Å². The lowest BCUT2D eigenvalue weighted by molar-refractivity contribution is -0.144. The van der Waals surface area contributed by atoms with Crippen LogP contribution in [0, 0.1) is 11.5 Å². The van der Waals surface area contributed by atoms with Crippen LogP contribution in [0.4, 0.5) is 0 Å². The van der Waals surface area contributed by atoms with Gasteiger partial charge in [-0.15, -0.1) is 23.2 Å². The molecule has 0 aliphatic carbocycles. The van der Waals surface area contributed by atoms with E-state index in [9.17, 15) is 9.59 Å². The summed E-state index contributed by atoms with van der Waals surface area (Å²) in [6.45, 7) is 30.5.